The number of aryl methyl sites for hydroxylation is 1. The molecule has 3 atom stereocenters. The third kappa shape index (κ3) is 2.13. The van der Waals surface area contributed by atoms with Gasteiger partial charge in [0.2, 0.25) is 0 Å². The lowest BCUT2D eigenvalue weighted by Gasteiger charge is -2.38. The summed E-state index contributed by atoms with van der Waals surface area (Å²) in [6.07, 6.45) is 5.89. The molecule has 2 aliphatic rings. The van der Waals surface area contributed by atoms with Gasteiger partial charge in [0.05, 0.1) is 11.7 Å². The van der Waals surface area contributed by atoms with Gasteiger partial charge in [0.15, 0.2) is 0 Å². The summed E-state index contributed by atoms with van der Waals surface area (Å²) in [6.45, 7) is 2.17. The lowest BCUT2D eigenvalue weighted by molar-refractivity contribution is 0.425. The number of hydrogen-bond acceptors (Lipinski definition) is 1. The Morgan fingerprint density at radius 1 is 1.14 bits per heavy atom. The predicted molar refractivity (Wildman–Crippen MR) is 91.7 cm³/mol. The summed E-state index contributed by atoms with van der Waals surface area (Å²) in [5, 5.41) is 3.79. The van der Waals surface area contributed by atoms with Crippen molar-refractivity contribution in [2.45, 2.75) is 25.3 Å². The second-order valence-electron chi connectivity index (χ2n) is 6.09. The van der Waals surface area contributed by atoms with Crippen molar-refractivity contribution in [3.8, 4) is 0 Å². The van der Waals surface area contributed by atoms with Crippen LogP contribution in [0.5, 0.6) is 0 Å². The van der Waals surface area contributed by atoms with E-state index in [0.717, 1.165) is 10.9 Å². The summed E-state index contributed by atoms with van der Waals surface area (Å²) >= 11 is 3.71. The van der Waals surface area contributed by atoms with E-state index >= 15 is 0 Å². The van der Waals surface area contributed by atoms with Gasteiger partial charge in [-0.05, 0) is 52.4 Å². The van der Waals surface area contributed by atoms with Crippen LogP contribution in [0.3, 0.4) is 0 Å². The normalized spacial score (nSPS) is 26.1. The van der Waals surface area contributed by atoms with Crippen LogP contribution in [0.2, 0.25) is 0 Å². The van der Waals surface area contributed by atoms with Gasteiger partial charge in [-0.2, -0.15) is 0 Å². The number of rotatable bonds is 1. The first-order valence-corrected chi connectivity index (χ1v) is 8.31. The van der Waals surface area contributed by atoms with Gasteiger partial charge < -0.3 is 5.32 Å². The first-order valence-electron chi connectivity index (χ1n) is 7.52. The maximum absolute atomic E-state index is 3.79. The SMILES string of the molecule is Cc1cccc(C2Nc3c(Br)cccc3C3C=CCC32)c1. The molecule has 0 spiro atoms. The molecular weight excluding hydrogens is 322 g/mol. The molecular formula is C19H18BrN. The topological polar surface area (TPSA) is 12.0 Å². The molecule has 106 valence electrons. The highest BCUT2D eigenvalue weighted by Crippen LogP contribution is 2.51. The van der Waals surface area contributed by atoms with E-state index in [2.05, 4.69) is 82.8 Å². The Morgan fingerprint density at radius 3 is 2.86 bits per heavy atom. The highest BCUT2D eigenvalue weighted by Gasteiger charge is 2.38. The summed E-state index contributed by atoms with van der Waals surface area (Å²) in [5.41, 5.74) is 5.41. The number of halogens is 1. The van der Waals surface area contributed by atoms with Crippen LogP contribution in [0.4, 0.5) is 5.69 Å². The summed E-state index contributed by atoms with van der Waals surface area (Å²) in [6, 6.07) is 15.8. The van der Waals surface area contributed by atoms with Crippen molar-refractivity contribution < 1.29 is 0 Å². The van der Waals surface area contributed by atoms with Gasteiger partial charge in [-0.1, -0.05) is 54.1 Å². The first-order chi connectivity index (χ1) is 10.2. The molecule has 1 heterocycles. The van der Waals surface area contributed by atoms with Gasteiger partial charge >= 0.3 is 0 Å². The van der Waals surface area contributed by atoms with Crippen LogP contribution in [0.25, 0.3) is 0 Å². The molecule has 0 aromatic heterocycles. The van der Waals surface area contributed by atoms with Crippen molar-refractivity contribution in [2.75, 3.05) is 5.32 Å². The van der Waals surface area contributed by atoms with Crippen LogP contribution in [0, 0.1) is 12.8 Å². The Bertz CT molecular complexity index is 719. The molecule has 1 aliphatic heterocycles. The Hall–Kier alpha value is -1.54. The molecule has 2 heteroatoms. The van der Waals surface area contributed by atoms with Crippen LogP contribution < -0.4 is 5.32 Å². The monoisotopic (exact) mass is 339 g/mol. The second kappa shape index (κ2) is 5.03. The number of para-hydroxylation sites is 1. The molecule has 4 rings (SSSR count). The van der Waals surface area contributed by atoms with Crippen molar-refractivity contribution in [3.63, 3.8) is 0 Å². The average molecular weight is 340 g/mol. The minimum Gasteiger partial charge on any atom is -0.377 e. The minimum atomic E-state index is 0.385. The third-order valence-corrected chi connectivity index (χ3v) is 5.41. The van der Waals surface area contributed by atoms with Crippen LogP contribution in [-0.2, 0) is 0 Å². The number of allylic oxidation sites excluding steroid dienone is 2. The molecule has 0 saturated carbocycles. The molecule has 0 fully saturated rings. The summed E-state index contributed by atoms with van der Waals surface area (Å²) in [4.78, 5) is 0. The zero-order chi connectivity index (χ0) is 14.4. The van der Waals surface area contributed by atoms with Crippen molar-refractivity contribution in [1.29, 1.82) is 0 Å². The maximum atomic E-state index is 3.79. The lowest BCUT2D eigenvalue weighted by Crippen LogP contribution is -2.29. The molecule has 3 unspecified atom stereocenters. The summed E-state index contributed by atoms with van der Waals surface area (Å²) in [7, 11) is 0. The van der Waals surface area contributed by atoms with Gasteiger partial charge in [0.1, 0.15) is 0 Å². The third-order valence-electron chi connectivity index (χ3n) is 4.75. The first kappa shape index (κ1) is 13.1. The fourth-order valence-electron chi connectivity index (χ4n) is 3.78. The van der Waals surface area contributed by atoms with Gasteiger partial charge in [-0.15, -0.1) is 0 Å². The molecule has 0 amide bonds. The largest absolute Gasteiger partial charge is 0.377 e. The average Bonchev–Trinajstić information content (AvgIpc) is 2.96. The number of hydrogen-bond donors (Lipinski definition) is 1. The molecule has 2 aromatic rings. The standard InChI is InChI=1S/C19H18BrN/c1-12-5-2-6-13(11-12)18-15-8-3-7-14(15)16-9-4-10-17(20)19(16)21-18/h2-7,9-11,14-15,18,21H,8H2,1H3. The number of fused-ring (bicyclic) bond motifs is 3. The molecule has 1 nitrogen and oxygen atoms in total. The fourth-order valence-corrected chi connectivity index (χ4v) is 4.27. The van der Waals surface area contributed by atoms with E-state index in [-0.39, 0.29) is 0 Å². The van der Waals surface area contributed by atoms with Gasteiger partial charge in [-0.25, -0.2) is 0 Å². The van der Waals surface area contributed by atoms with Crippen molar-refractivity contribution in [3.05, 3.63) is 75.8 Å². The summed E-state index contributed by atoms with van der Waals surface area (Å²) in [5.74, 6) is 1.15. The van der Waals surface area contributed by atoms with Crippen LogP contribution in [-0.4, -0.2) is 0 Å². The lowest BCUT2D eigenvalue weighted by atomic mass is 9.77. The van der Waals surface area contributed by atoms with Crippen molar-refractivity contribution in [2.24, 2.45) is 5.92 Å². The zero-order valence-corrected chi connectivity index (χ0v) is 13.6. The van der Waals surface area contributed by atoms with Crippen molar-refractivity contribution in [1.82, 2.24) is 0 Å². The predicted octanol–water partition coefficient (Wildman–Crippen LogP) is 5.58. The van der Waals surface area contributed by atoms with Gasteiger partial charge in [0.25, 0.3) is 0 Å². The van der Waals surface area contributed by atoms with E-state index in [9.17, 15) is 0 Å². The minimum absolute atomic E-state index is 0.385. The highest BCUT2D eigenvalue weighted by atomic mass is 79.9. The number of nitrogens with one attached hydrogen (secondary N) is 1. The molecule has 0 radical (unpaired) electrons. The molecule has 2 aromatic carbocycles. The van der Waals surface area contributed by atoms with Gasteiger partial charge in [-0.3, -0.25) is 0 Å². The highest BCUT2D eigenvalue weighted by molar-refractivity contribution is 9.10. The number of benzene rings is 2. The molecule has 1 N–H and O–H groups in total. The Balaban J connectivity index is 1.83. The fraction of sp³-hybridized carbons (Fsp3) is 0.263. The van der Waals surface area contributed by atoms with E-state index in [1.807, 2.05) is 0 Å². The number of anilines is 1. The zero-order valence-electron chi connectivity index (χ0n) is 12.0. The Morgan fingerprint density at radius 2 is 2.00 bits per heavy atom. The second-order valence-corrected chi connectivity index (χ2v) is 6.95. The quantitative estimate of drug-likeness (QED) is 0.668. The summed E-state index contributed by atoms with van der Waals surface area (Å²) < 4.78 is 1.16. The Kier molecular flexibility index (Phi) is 3.15. The molecule has 0 saturated heterocycles. The van der Waals surface area contributed by atoms with E-state index in [0.29, 0.717) is 17.9 Å². The van der Waals surface area contributed by atoms with Crippen LogP contribution in [0.15, 0.2) is 59.1 Å². The maximum Gasteiger partial charge on any atom is 0.0554 e. The van der Waals surface area contributed by atoms with E-state index in [1.54, 1.807) is 0 Å². The van der Waals surface area contributed by atoms with Crippen LogP contribution >= 0.6 is 15.9 Å². The molecule has 0 bridgehead atoms. The van der Waals surface area contributed by atoms with E-state index < -0.39 is 0 Å². The van der Waals surface area contributed by atoms with Crippen LogP contribution in [0.1, 0.15) is 35.1 Å². The van der Waals surface area contributed by atoms with Crippen molar-refractivity contribution >= 4 is 21.6 Å². The Labute approximate surface area is 134 Å². The van der Waals surface area contributed by atoms with E-state index in [1.165, 1.54) is 22.4 Å². The molecule has 1 aliphatic carbocycles. The van der Waals surface area contributed by atoms with E-state index in [4.69, 9.17) is 0 Å². The van der Waals surface area contributed by atoms with Gasteiger partial charge in [0, 0.05) is 10.4 Å². The smallest absolute Gasteiger partial charge is 0.0554 e. The molecule has 21 heavy (non-hydrogen) atoms.